The molecule has 1 fully saturated rings. The van der Waals surface area contributed by atoms with Crippen LogP contribution < -0.4 is 0 Å². The summed E-state index contributed by atoms with van der Waals surface area (Å²) in [5, 5.41) is 10.1. The smallest absolute Gasteiger partial charge is 0.0695 e. The molecule has 0 heterocycles. The van der Waals surface area contributed by atoms with Crippen LogP contribution in [0.5, 0.6) is 0 Å². The van der Waals surface area contributed by atoms with E-state index in [-0.39, 0.29) is 6.10 Å². The highest BCUT2D eigenvalue weighted by Crippen LogP contribution is 2.39. The number of hydrogen-bond acceptors (Lipinski definition) is 2. The van der Waals surface area contributed by atoms with Gasteiger partial charge in [-0.15, -0.1) is 0 Å². The minimum absolute atomic E-state index is 0.133. The standard InChI is InChI=1S/C14H29NO/c1-10(2)15(6)12-9-11(14(3,4)5)7-8-13(12)16/h10-13,16H,7-9H2,1-6H3. The minimum Gasteiger partial charge on any atom is -0.391 e. The monoisotopic (exact) mass is 227 g/mol. The Labute approximate surface area is 101 Å². The van der Waals surface area contributed by atoms with E-state index in [0.717, 1.165) is 18.8 Å². The molecule has 2 heteroatoms. The predicted molar refractivity (Wildman–Crippen MR) is 69.5 cm³/mol. The predicted octanol–water partition coefficient (Wildman–Crippen LogP) is 2.90. The molecule has 0 aromatic carbocycles. The van der Waals surface area contributed by atoms with Gasteiger partial charge in [0.2, 0.25) is 0 Å². The lowest BCUT2D eigenvalue weighted by atomic mass is 9.70. The molecule has 0 saturated heterocycles. The topological polar surface area (TPSA) is 23.5 Å². The van der Waals surface area contributed by atoms with Crippen molar-refractivity contribution in [3.8, 4) is 0 Å². The summed E-state index contributed by atoms with van der Waals surface area (Å²) >= 11 is 0. The van der Waals surface area contributed by atoms with Crippen molar-refractivity contribution in [3.05, 3.63) is 0 Å². The highest BCUT2D eigenvalue weighted by atomic mass is 16.3. The molecule has 1 rings (SSSR count). The Kier molecular flexibility index (Phi) is 4.42. The summed E-state index contributed by atoms with van der Waals surface area (Å²) < 4.78 is 0. The van der Waals surface area contributed by atoms with Crippen LogP contribution in [-0.2, 0) is 0 Å². The van der Waals surface area contributed by atoms with Crippen molar-refractivity contribution in [2.75, 3.05) is 7.05 Å². The lowest BCUT2D eigenvalue weighted by molar-refractivity contribution is -0.0175. The van der Waals surface area contributed by atoms with Crippen LogP contribution in [0.1, 0.15) is 53.9 Å². The van der Waals surface area contributed by atoms with E-state index in [1.807, 2.05) is 0 Å². The fraction of sp³-hybridized carbons (Fsp3) is 1.00. The van der Waals surface area contributed by atoms with Gasteiger partial charge in [0, 0.05) is 12.1 Å². The Morgan fingerprint density at radius 3 is 2.19 bits per heavy atom. The Bertz CT molecular complexity index is 219. The summed E-state index contributed by atoms with van der Waals surface area (Å²) in [7, 11) is 2.14. The first-order valence-corrected chi connectivity index (χ1v) is 6.63. The van der Waals surface area contributed by atoms with Crippen molar-refractivity contribution < 1.29 is 5.11 Å². The van der Waals surface area contributed by atoms with Gasteiger partial charge in [0.05, 0.1) is 6.10 Å². The maximum atomic E-state index is 10.1. The van der Waals surface area contributed by atoms with E-state index in [1.165, 1.54) is 6.42 Å². The lowest BCUT2D eigenvalue weighted by Crippen LogP contribution is -2.49. The quantitative estimate of drug-likeness (QED) is 0.784. The van der Waals surface area contributed by atoms with Crippen LogP contribution >= 0.6 is 0 Å². The third-order valence-corrected chi connectivity index (χ3v) is 4.34. The third kappa shape index (κ3) is 3.21. The first kappa shape index (κ1) is 14.0. The van der Waals surface area contributed by atoms with Gasteiger partial charge in [-0.3, -0.25) is 4.90 Å². The zero-order chi connectivity index (χ0) is 12.5. The molecule has 0 aromatic rings. The van der Waals surface area contributed by atoms with Gasteiger partial charge in [0.25, 0.3) is 0 Å². The second kappa shape index (κ2) is 5.05. The molecule has 1 N–H and O–H groups in total. The van der Waals surface area contributed by atoms with Crippen LogP contribution in [0.4, 0.5) is 0 Å². The van der Waals surface area contributed by atoms with E-state index >= 15 is 0 Å². The summed E-state index contributed by atoms with van der Waals surface area (Å²) in [6, 6.07) is 0.858. The second-order valence-electron chi connectivity index (χ2n) is 6.77. The molecule has 1 aliphatic carbocycles. The summed E-state index contributed by atoms with van der Waals surface area (Å²) in [5.74, 6) is 0.738. The Hall–Kier alpha value is -0.0800. The summed E-state index contributed by atoms with van der Waals surface area (Å²) in [6.07, 6.45) is 3.14. The van der Waals surface area contributed by atoms with E-state index < -0.39 is 0 Å². The molecular weight excluding hydrogens is 198 g/mol. The first-order valence-electron chi connectivity index (χ1n) is 6.63. The zero-order valence-electron chi connectivity index (χ0n) is 11.8. The molecule has 16 heavy (non-hydrogen) atoms. The Balaban J connectivity index is 2.69. The average molecular weight is 227 g/mol. The van der Waals surface area contributed by atoms with Crippen LogP contribution in [-0.4, -0.2) is 35.2 Å². The minimum atomic E-state index is -0.133. The van der Waals surface area contributed by atoms with Gasteiger partial charge in [0.15, 0.2) is 0 Å². The number of rotatable bonds is 2. The van der Waals surface area contributed by atoms with Gasteiger partial charge in [-0.05, 0) is 51.5 Å². The summed E-state index contributed by atoms with van der Waals surface area (Å²) in [6.45, 7) is 11.4. The van der Waals surface area contributed by atoms with E-state index in [4.69, 9.17) is 0 Å². The molecule has 2 nitrogen and oxygen atoms in total. The highest BCUT2D eigenvalue weighted by molar-refractivity contribution is 4.90. The fourth-order valence-corrected chi connectivity index (χ4v) is 2.74. The number of aliphatic hydroxyl groups excluding tert-OH is 1. The van der Waals surface area contributed by atoms with Crippen LogP contribution in [0, 0.1) is 11.3 Å². The van der Waals surface area contributed by atoms with Crippen molar-refractivity contribution >= 4 is 0 Å². The van der Waals surface area contributed by atoms with Crippen molar-refractivity contribution in [1.29, 1.82) is 0 Å². The van der Waals surface area contributed by atoms with Crippen LogP contribution in [0.2, 0.25) is 0 Å². The van der Waals surface area contributed by atoms with Crippen molar-refractivity contribution in [2.24, 2.45) is 11.3 Å². The average Bonchev–Trinajstić information content (AvgIpc) is 2.15. The summed E-state index contributed by atoms with van der Waals surface area (Å²) in [5.41, 5.74) is 0.371. The zero-order valence-corrected chi connectivity index (χ0v) is 11.8. The maximum absolute atomic E-state index is 10.1. The molecule has 0 amide bonds. The van der Waals surface area contributed by atoms with Crippen molar-refractivity contribution in [2.45, 2.75) is 72.1 Å². The Morgan fingerprint density at radius 1 is 1.19 bits per heavy atom. The fourth-order valence-electron chi connectivity index (χ4n) is 2.74. The van der Waals surface area contributed by atoms with Gasteiger partial charge in [-0.1, -0.05) is 20.8 Å². The third-order valence-electron chi connectivity index (χ3n) is 4.34. The van der Waals surface area contributed by atoms with E-state index in [2.05, 4.69) is 46.6 Å². The number of aliphatic hydroxyl groups is 1. The molecule has 0 aliphatic heterocycles. The maximum Gasteiger partial charge on any atom is 0.0695 e. The molecule has 1 saturated carbocycles. The summed E-state index contributed by atoms with van der Waals surface area (Å²) in [4.78, 5) is 2.34. The van der Waals surface area contributed by atoms with Crippen molar-refractivity contribution in [3.63, 3.8) is 0 Å². The van der Waals surface area contributed by atoms with Crippen molar-refractivity contribution in [1.82, 2.24) is 4.90 Å². The molecule has 0 aromatic heterocycles. The second-order valence-corrected chi connectivity index (χ2v) is 6.77. The molecule has 0 radical (unpaired) electrons. The Morgan fingerprint density at radius 2 is 1.75 bits per heavy atom. The number of nitrogens with zero attached hydrogens (tertiary/aromatic N) is 1. The molecule has 3 atom stereocenters. The largest absolute Gasteiger partial charge is 0.391 e. The SMILES string of the molecule is CC(C)N(C)C1CC(C(C)(C)C)CCC1O. The molecular formula is C14H29NO. The van der Waals surface area contributed by atoms with E-state index in [0.29, 0.717) is 17.5 Å². The molecule has 3 unspecified atom stereocenters. The normalized spacial score (nSPS) is 32.4. The molecule has 0 spiro atoms. The highest BCUT2D eigenvalue weighted by Gasteiger charge is 2.37. The number of hydrogen-bond donors (Lipinski definition) is 1. The lowest BCUT2D eigenvalue weighted by Gasteiger charge is -2.44. The van der Waals surface area contributed by atoms with Gasteiger partial charge in [-0.2, -0.15) is 0 Å². The van der Waals surface area contributed by atoms with E-state index in [9.17, 15) is 5.11 Å². The van der Waals surface area contributed by atoms with E-state index in [1.54, 1.807) is 0 Å². The number of likely N-dealkylation sites (N-methyl/N-ethyl adjacent to an activating group) is 1. The molecule has 96 valence electrons. The molecule has 0 bridgehead atoms. The molecule has 1 aliphatic rings. The van der Waals surface area contributed by atoms with Crippen LogP contribution in [0.15, 0.2) is 0 Å². The first-order chi connectivity index (χ1) is 7.23. The van der Waals surface area contributed by atoms with Gasteiger partial charge in [0.1, 0.15) is 0 Å². The van der Waals surface area contributed by atoms with Gasteiger partial charge < -0.3 is 5.11 Å². The van der Waals surface area contributed by atoms with Crippen LogP contribution in [0.3, 0.4) is 0 Å². The van der Waals surface area contributed by atoms with Crippen LogP contribution in [0.25, 0.3) is 0 Å². The van der Waals surface area contributed by atoms with Gasteiger partial charge >= 0.3 is 0 Å². The van der Waals surface area contributed by atoms with Gasteiger partial charge in [-0.25, -0.2) is 0 Å².